The minimum Gasteiger partial charge on any atom is -0.491 e. The lowest BCUT2D eigenvalue weighted by Crippen LogP contribution is -2.37. The summed E-state index contributed by atoms with van der Waals surface area (Å²) < 4.78 is 31.0. The molecule has 2 aromatic carbocycles. The molecule has 30 heavy (non-hydrogen) atoms. The van der Waals surface area contributed by atoms with Crippen LogP contribution < -0.4 is 14.4 Å². The summed E-state index contributed by atoms with van der Waals surface area (Å²) in [6.07, 6.45) is 1.06. The van der Waals surface area contributed by atoms with Gasteiger partial charge < -0.3 is 15.0 Å². The molecule has 2 rings (SSSR count). The van der Waals surface area contributed by atoms with Crippen molar-refractivity contribution in [1.29, 1.82) is 0 Å². The van der Waals surface area contributed by atoms with Gasteiger partial charge >= 0.3 is 0 Å². The number of nitrogens with one attached hydrogen (secondary N) is 1. The molecule has 0 saturated heterocycles. The molecule has 0 spiro atoms. The van der Waals surface area contributed by atoms with Gasteiger partial charge in [0.2, 0.25) is 15.9 Å². The summed E-state index contributed by atoms with van der Waals surface area (Å²) in [6.45, 7) is 3.43. The SMILES string of the molecule is CC(C)Oc1ccc(NC(=O)CN(c2ccc(C(=O)N(C)C)cc2)S(C)(=O)=O)cc1. The lowest BCUT2D eigenvalue weighted by Gasteiger charge is -2.22. The molecule has 2 aromatic rings. The van der Waals surface area contributed by atoms with Crippen molar-refractivity contribution in [3.05, 3.63) is 54.1 Å². The topological polar surface area (TPSA) is 96.0 Å². The van der Waals surface area contributed by atoms with Crippen molar-refractivity contribution in [1.82, 2.24) is 4.90 Å². The third kappa shape index (κ3) is 6.48. The van der Waals surface area contributed by atoms with E-state index in [-0.39, 0.29) is 12.0 Å². The smallest absolute Gasteiger partial charge is 0.253 e. The number of carbonyl (C=O) groups is 2. The number of amides is 2. The third-order valence-corrected chi connectivity index (χ3v) is 5.15. The number of nitrogens with zero attached hydrogens (tertiary/aromatic N) is 2. The highest BCUT2D eigenvalue weighted by Gasteiger charge is 2.21. The van der Waals surface area contributed by atoms with E-state index in [0.29, 0.717) is 22.7 Å². The van der Waals surface area contributed by atoms with E-state index in [1.54, 1.807) is 38.4 Å². The highest BCUT2D eigenvalue weighted by atomic mass is 32.2. The van der Waals surface area contributed by atoms with E-state index in [0.717, 1.165) is 10.6 Å². The van der Waals surface area contributed by atoms with Gasteiger partial charge in [-0.2, -0.15) is 0 Å². The van der Waals surface area contributed by atoms with Crippen molar-refractivity contribution in [2.45, 2.75) is 20.0 Å². The number of rotatable bonds is 8. The fourth-order valence-electron chi connectivity index (χ4n) is 2.65. The van der Waals surface area contributed by atoms with Crippen molar-refractivity contribution < 1.29 is 22.7 Å². The van der Waals surface area contributed by atoms with Crippen molar-refractivity contribution in [3.63, 3.8) is 0 Å². The maximum atomic E-state index is 12.5. The van der Waals surface area contributed by atoms with Crippen LogP contribution in [0.4, 0.5) is 11.4 Å². The van der Waals surface area contributed by atoms with Crippen LogP contribution in [-0.4, -0.2) is 58.1 Å². The van der Waals surface area contributed by atoms with Gasteiger partial charge in [-0.15, -0.1) is 0 Å². The van der Waals surface area contributed by atoms with Gasteiger partial charge in [0.1, 0.15) is 12.3 Å². The predicted octanol–water partition coefficient (Wildman–Crippen LogP) is 2.58. The summed E-state index contributed by atoms with van der Waals surface area (Å²) in [4.78, 5) is 25.9. The summed E-state index contributed by atoms with van der Waals surface area (Å²) >= 11 is 0. The normalized spacial score (nSPS) is 11.1. The Morgan fingerprint density at radius 2 is 1.57 bits per heavy atom. The second-order valence-electron chi connectivity index (χ2n) is 7.26. The molecule has 9 heteroatoms. The molecule has 0 heterocycles. The maximum absolute atomic E-state index is 12.5. The van der Waals surface area contributed by atoms with Crippen LogP contribution >= 0.6 is 0 Å². The molecule has 0 aliphatic rings. The Labute approximate surface area is 177 Å². The molecule has 0 fully saturated rings. The number of ether oxygens (including phenoxy) is 1. The van der Waals surface area contributed by atoms with E-state index in [2.05, 4.69) is 5.32 Å². The quantitative estimate of drug-likeness (QED) is 0.690. The van der Waals surface area contributed by atoms with Crippen LogP contribution in [0.2, 0.25) is 0 Å². The lowest BCUT2D eigenvalue weighted by atomic mass is 10.2. The third-order valence-electron chi connectivity index (χ3n) is 4.01. The largest absolute Gasteiger partial charge is 0.491 e. The zero-order valence-electron chi connectivity index (χ0n) is 17.7. The van der Waals surface area contributed by atoms with E-state index < -0.39 is 22.5 Å². The van der Waals surface area contributed by atoms with E-state index in [1.807, 2.05) is 13.8 Å². The molecule has 0 bridgehead atoms. The average Bonchev–Trinajstić information content (AvgIpc) is 2.66. The first kappa shape index (κ1) is 23.2. The van der Waals surface area contributed by atoms with Crippen LogP contribution in [-0.2, 0) is 14.8 Å². The minimum atomic E-state index is -3.72. The summed E-state index contributed by atoms with van der Waals surface area (Å²) in [6, 6.07) is 12.9. The van der Waals surface area contributed by atoms with Crippen LogP contribution in [0.15, 0.2) is 48.5 Å². The molecule has 0 atom stereocenters. The minimum absolute atomic E-state index is 0.0353. The molecule has 0 radical (unpaired) electrons. The van der Waals surface area contributed by atoms with Crippen LogP contribution in [0.5, 0.6) is 5.75 Å². The Hall–Kier alpha value is -3.07. The van der Waals surface area contributed by atoms with E-state index in [4.69, 9.17) is 4.74 Å². The first-order chi connectivity index (χ1) is 14.0. The van der Waals surface area contributed by atoms with Crippen molar-refractivity contribution in [2.24, 2.45) is 0 Å². The van der Waals surface area contributed by atoms with Crippen LogP contribution in [0.1, 0.15) is 24.2 Å². The van der Waals surface area contributed by atoms with Gasteiger partial charge in [0.05, 0.1) is 18.0 Å². The van der Waals surface area contributed by atoms with Gasteiger partial charge in [-0.05, 0) is 62.4 Å². The second kappa shape index (κ2) is 9.62. The van der Waals surface area contributed by atoms with Gasteiger partial charge in [-0.25, -0.2) is 8.42 Å². The summed E-state index contributed by atoms with van der Waals surface area (Å²) in [5, 5.41) is 2.68. The molecule has 0 aromatic heterocycles. The highest BCUT2D eigenvalue weighted by molar-refractivity contribution is 7.92. The first-order valence-corrected chi connectivity index (χ1v) is 11.2. The highest BCUT2D eigenvalue weighted by Crippen LogP contribution is 2.20. The number of benzene rings is 2. The van der Waals surface area contributed by atoms with Crippen LogP contribution in [0.25, 0.3) is 0 Å². The van der Waals surface area contributed by atoms with Gasteiger partial charge in [-0.3, -0.25) is 13.9 Å². The number of hydrogen-bond donors (Lipinski definition) is 1. The lowest BCUT2D eigenvalue weighted by molar-refractivity contribution is -0.114. The number of hydrogen-bond acceptors (Lipinski definition) is 5. The Balaban J connectivity index is 2.13. The molecule has 2 amide bonds. The average molecular weight is 434 g/mol. The predicted molar refractivity (Wildman–Crippen MR) is 117 cm³/mol. The van der Waals surface area contributed by atoms with Crippen LogP contribution in [0.3, 0.4) is 0 Å². The molecule has 0 aliphatic carbocycles. The monoisotopic (exact) mass is 433 g/mol. The molecule has 0 unspecified atom stereocenters. The van der Waals surface area contributed by atoms with Crippen LogP contribution in [0, 0.1) is 0 Å². The number of anilines is 2. The summed E-state index contributed by atoms with van der Waals surface area (Å²) in [5.74, 6) is -0.0189. The Bertz CT molecular complexity index is 984. The van der Waals surface area contributed by atoms with Crippen molar-refractivity contribution in [3.8, 4) is 5.75 Å². The van der Waals surface area contributed by atoms with E-state index >= 15 is 0 Å². The zero-order valence-corrected chi connectivity index (χ0v) is 18.6. The molecule has 162 valence electrons. The number of carbonyl (C=O) groups excluding carboxylic acids is 2. The maximum Gasteiger partial charge on any atom is 0.253 e. The van der Waals surface area contributed by atoms with Gasteiger partial charge in [0, 0.05) is 25.3 Å². The molecule has 8 nitrogen and oxygen atoms in total. The number of sulfonamides is 1. The van der Waals surface area contributed by atoms with Gasteiger partial charge in [0.15, 0.2) is 0 Å². The van der Waals surface area contributed by atoms with Crippen molar-refractivity contribution in [2.75, 3.05) is 36.5 Å². The summed E-state index contributed by atoms with van der Waals surface area (Å²) in [7, 11) is -0.458. The van der Waals surface area contributed by atoms with E-state index in [1.165, 1.54) is 29.2 Å². The Kier molecular flexibility index (Phi) is 7.44. The molecular formula is C21H27N3O5S. The molecule has 1 N–H and O–H groups in total. The molecule has 0 aliphatic heterocycles. The summed E-state index contributed by atoms with van der Waals surface area (Å²) in [5.41, 5.74) is 1.24. The Morgan fingerprint density at radius 3 is 2.03 bits per heavy atom. The molecule has 0 saturated carbocycles. The fraction of sp³-hybridized carbons (Fsp3) is 0.333. The first-order valence-electron chi connectivity index (χ1n) is 9.33. The Morgan fingerprint density at radius 1 is 1.00 bits per heavy atom. The molecular weight excluding hydrogens is 406 g/mol. The standard InChI is InChI=1S/C21H27N3O5S/c1-15(2)29-19-12-8-17(9-13-19)22-20(25)14-24(30(5,27)28)18-10-6-16(7-11-18)21(26)23(3)4/h6-13,15H,14H2,1-5H3,(H,22,25). The van der Waals surface area contributed by atoms with Gasteiger partial charge in [-0.1, -0.05) is 0 Å². The zero-order chi connectivity index (χ0) is 22.5. The van der Waals surface area contributed by atoms with Gasteiger partial charge in [0.25, 0.3) is 5.91 Å². The second-order valence-corrected chi connectivity index (χ2v) is 9.16. The fourth-order valence-corrected chi connectivity index (χ4v) is 3.50. The van der Waals surface area contributed by atoms with Crippen molar-refractivity contribution >= 4 is 33.2 Å². The van der Waals surface area contributed by atoms with E-state index in [9.17, 15) is 18.0 Å².